The van der Waals surface area contributed by atoms with Crippen LogP contribution in [0.4, 0.5) is 0 Å². The van der Waals surface area contributed by atoms with Crippen LogP contribution in [0.1, 0.15) is 65.7 Å². The predicted molar refractivity (Wildman–Crippen MR) is 107 cm³/mol. The fraction of sp³-hybridized carbons (Fsp3) is 0.826. The van der Waals surface area contributed by atoms with Gasteiger partial charge in [-0.15, -0.1) is 0 Å². The van der Waals surface area contributed by atoms with Gasteiger partial charge in [0, 0.05) is 12.5 Å². The van der Waals surface area contributed by atoms with Crippen LogP contribution in [0.25, 0.3) is 0 Å². The molecule has 156 valence electrons. The highest BCUT2D eigenvalue weighted by Crippen LogP contribution is 2.55. The fourth-order valence-electron chi connectivity index (χ4n) is 6.21. The highest BCUT2D eigenvalue weighted by molar-refractivity contribution is 5.76. The molecule has 1 saturated carbocycles. The minimum atomic E-state index is -0.0613. The van der Waals surface area contributed by atoms with Crippen LogP contribution in [0.15, 0.2) is 11.1 Å². The number of allylic oxidation sites excluding steroid dienone is 2. The highest BCUT2D eigenvalue weighted by atomic mass is 16.6. The van der Waals surface area contributed by atoms with Crippen molar-refractivity contribution in [2.75, 3.05) is 26.2 Å². The van der Waals surface area contributed by atoms with E-state index in [1.165, 1.54) is 19.3 Å². The smallest absolute Gasteiger partial charge is 0.310 e. The number of esters is 2. The molecule has 2 heterocycles. The molecule has 0 radical (unpaired) electrons. The highest BCUT2D eigenvalue weighted by Gasteiger charge is 2.53. The average molecular weight is 390 g/mol. The van der Waals surface area contributed by atoms with E-state index in [9.17, 15) is 9.59 Å². The van der Waals surface area contributed by atoms with Gasteiger partial charge in [-0.25, -0.2) is 0 Å². The fourth-order valence-corrected chi connectivity index (χ4v) is 6.21. The molecule has 4 aliphatic rings. The molecule has 5 nitrogen and oxygen atoms in total. The van der Waals surface area contributed by atoms with Crippen molar-refractivity contribution in [2.24, 2.45) is 23.2 Å². The Hall–Kier alpha value is -1.36. The first-order valence-corrected chi connectivity index (χ1v) is 11.2. The summed E-state index contributed by atoms with van der Waals surface area (Å²) in [5.41, 5.74) is 3.40. The lowest BCUT2D eigenvalue weighted by Gasteiger charge is -2.46. The van der Waals surface area contributed by atoms with E-state index >= 15 is 0 Å². The first kappa shape index (κ1) is 19.9. The van der Waals surface area contributed by atoms with Gasteiger partial charge in [0.05, 0.1) is 18.4 Å². The lowest BCUT2D eigenvalue weighted by Crippen LogP contribution is -2.44. The summed E-state index contributed by atoms with van der Waals surface area (Å²) in [6.45, 7) is 9.48. The molecule has 4 atom stereocenters. The summed E-state index contributed by atoms with van der Waals surface area (Å²) in [6.07, 6.45) is 7.48. The number of fused-ring (bicyclic) bond motifs is 2. The Kier molecular flexibility index (Phi) is 5.56. The summed E-state index contributed by atoms with van der Waals surface area (Å²) in [4.78, 5) is 27.0. The van der Waals surface area contributed by atoms with E-state index in [2.05, 4.69) is 18.7 Å². The summed E-state index contributed by atoms with van der Waals surface area (Å²) < 4.78 is 11.1. The number of ether oxygens (including phenoxy) is 2. The van der Waals surface area contributed by atoms with Crippen LogP contribution in [-0.2, 0) is 19.1 Å². The van der Waals surface area contributed by atoms with Gasteiger partial charge in [-0.3, -0.25) is 9.59 Å². The van der Waals surface area contributed by atoms with Crippen molar-refractivity contribution in [3.05, 3.63) is 11.1 Å². The summed E-state index contributed by atoms with van der Waals surface area (Å²) >= 11 is 0. The van der Waals surface area contributed by atoms with Crippen LogP contribution >= 0.6 is 0 Å². The largest absolute Gasteiger partial charge is 0.466 e. The van der Waals surface area contributed by atoms with Gasteiger partial charge in [-0.2, -0.15) is 0 Å². The lowest BCUT2D eigenvalue weighted by molar-refractivity contribution is -0.150. The Labute approximate surface area is 168 Å². The number of hydrogen-bond donors (Lipinski definition) is 0. The molecule has 0 aromatic rings. The summed E-state index contributed by atoms with van der Waals surface area (Å²) in [5, 5.41) is 0. The average Bonchev–Trinajstić information content (AvgIpc) is 2.95. The van der Waals surface area contributed by atoms with Crippen LogP contribution in [0.5, 0.6) is 0 Å². The zero-order valence-electron chi connectivity index (χ0n) is 17.7. The first-order chi connectivity index (χ1) is 13.4. The number of carbonyl (C=O) groups excluding carboxylic acids is 2. The van der Waals surface area contributed by atoms with Crippen LogP contribution < -0.4 is 0 Å². The Morgan fingerprint density at radius 1 is 1.32 bits per heavy atom. The third-order valence-corrected chi connectivity index (χ3v) is 7.84. The van der Waals surface area contributed by atoms with Crippen molar-refractivity contribution in [2.45, 2.75) is 71.8 Å². The van der Waals surface area contributed by atoms with Gasteiger partial charge >= 0.3 is 11.9 Å². The van der Waals surface area contributed by atoms with Crippen molar-refractivity contribution < 1.29 is 19.1 Å². The number of likely N-dealkylation sites (tertiary alicyclic amines) is 1. The Morgan fingerprint density at radius 2 is 2.07 bits per heavy atom. The zero-order chi connectivity index (χ0) is 19.9. The third kappa shape index (κ3) is 3.62. The molecule has 3 fully saturated rings. The quantitative estimate of drug-likeness (QED) is 0.542. The Bertz CT molecular complexity index is 664. The molecule has 0 N–H and O–H groups in total. The second-order valence-corrected chi connectivity index (χ2v) is 9.65. The SMILES string of the molecule is CCOC(=O)C1CCN(CC2C(=O)OC3CC4(C)CCCC(C)=C4CC32)CC1. The maximum atomic E-state index is 12.7. The standard InChI is InChI=1S/C23H35NO4/c1-4-27-21(25)16-7-10-24(11-8-16)14-18-17-12-19-15(2)6-5-9-23(19,3)13-20(17)28-22(18)26/h16-18,20H,4-14H2,1-3H3. The zero-order valence-corrected chi connectivity index (χ0v) is 17.7. The first-order valence-electron chi connectivity index (χ1n) is 11.2. The maximum Gasteiger partial charge on any atom is 0.310 e. The molecule has 0 bridgehead atoms. The Morgan fingerprint density at radius 3 is 2.79 bits per heavy atom. The summed E-state index contributed by atoms with van der Waals surface area (Å²) in [7, 11) is 0. The van der Waals surface area contributed by atoms with E-state index in [0.29, 0.717) is 12.5 Å². The summed E-state index contributed by atoms with van der Waals surface area (Å²) in [5.74, 6) is 0.268. The van der Waals surface area contributed by atoms with Gasteiger partial charge in [0.15, 0.2) is 0 Å². The van der Waals surface area contributed by atoms with Crippen LogP contribution in [-0.4, -0.2) is 49.2 Å². The molecule has 2 aliphatic heterocycles. The van der Waals surface area contributed by atoms with E-state index in [-0.39, 0.29) is 35.3 Å². The van der Waals surface area contributed by atoms with Gasteiger partial charge in [0.1, 0.15) is 6.10 Å². The number of carbonyl (C=O) groups is 2. The van der Waals surface area contributed by atoms with E-state index in [1.807, 2.05) is 6.92 Å². The van der Waals surface area contributed by atoms with Crippen LogP contribution in [0.3, 0.4) is 0 Å². The Balaban J connectivity index is 1.40. The van der Waals surface area contributed by atoms with Crippen molar-refractivity contribution in [3.63, 3.8) is 0 Å². The van der Waals surface area contributed by atoms with E-state index in [4.69, 9.17) is 9.47 Å². The van der Waals surface area contributed by atoms with Gasteiger partial charge in [-0.1, -0.05) is 18.1 Å². The molecule has 2 saturated heterocycles. The number of rotatable bonds is 4. The van der Waals surface area contributed by atoms with Crippen LogP contribution in [0, 0.1) is 23.2 Å². The van der Waals surface area contributed by atoms with Gasteiger partial charge in [0.2, 0.25) is 0 Å². The van der Waals surface area contributed by atoms with E-state index in [1.54, 1.807) is 11.1 Å². The van der Waals surface area contributed by atoms with E-state index in [0.717, 1.165) is 45.3 Å². The van der Waals surface area contributed by atoms with Gasteiger partial charge in [0.25, 0.3) is 0 Å². The molecule has 28 heavy (non-hydrogen) atoms. The molecule has 0 aromatic heterocycles. The molecule has 4 rings (SSSR count). The van der Waals surface area contributed by atoms with Crippen molar-refractivity contribution >= 4 is 11.9 Å². The second-order valence-electron chi connectivity index (χ2n) is 9.65. The molecular weight excluding hydrogens is 354 g/mol. The number of hydrogen-bond acceptors (Lipinski definition) is 5. The second kappa shape index (κ2) is 7.81. The molecular formula is C23H35NO4. The number of piperidine rings is 1. The maximum absolute atomic E-state index is 12.7. The topological polar surface area (TPSA) is 55.8 Å². The van der Waals surface area contributed by atoms with Gasteiger partial charge < -0.3 is 14.4 Å². The van der Waals surface area contributed by atoms with Crippen molar-refractivity contribution in [1.29, 1.82) is 0 Å². The molecule has 4 unspecified atom stereocenters. The number of nitrogens with zero attached hydrogens (tertiary/aromatic N) is 1. The summed E-state index contributed by atoms with van der Waals surface area (Å²) in [6, 6.07) is 0. The minimum absolute atomic E-state index is 0.00279. The van der Waals surface area contributed by atoms with Gasteiger partial charge in [-0.05, 0) is 77.3 Å². The molecule has 5 heteroatoms. The third-order valence-electron chi connectivity index (χ3n) is 7.84. The molecule has 0 spiro atoms. The van der Waals surface area contributed by atoms with Crippen molar-refractivity contribution in [1.82, 2.24) is 4.90 Å². The van der Waals surface area contributed by atoms with E-state index < -0.39 is 0 Å². The predicted octanol–water partition coefficient (Wildman–Crippen LogP) is 3.72. The van der Waals surface area contributed by atoms with Crippen LogP contribution in [0.2, 0.25) is 0 Å². The minimum Gasteiger partial charge on any atom is -0.466 e. The normalized spacial score (nSPS) is 36.7. The molecule has 0 aromatic carbocycles. The molecule has 2 aliphatic carbocycles. The monoisotopic (exact) mass is 389 g/mol. The molecule has 0 amide bonds. The van der Waals surface area contributed by atoms with Crippen molar-refractivity contribution in [3.8, 4) is 0 Å². The lowest BCUT2D eigenvalue weighted by atomic mass is 9.59.